The van der Waals surface area contributed by atoms with Crippen molar-refractivity contribution in [2.45, 2.75) is 12.3 Å². The first kappa shape index (κ1) is 13.8. The van der Waals surface area contributed by atoms with Crippen LogP contribution < -0.4 is 0 Å². The van der Waals surface area contributed by atoms with Crippen LogP contribution in [0.25, 0.3) is 10.2 Å². The van der Waals surface area contributed by atoms with Crippen molar-refractivity contribution < 1.29 is 10.2 Å². The molecule has 0 bridgehead atoms. The van der Waals surface area contributed by atoms with Gasteiger partial charge in [-0.25, -0.2) is 4.98 Å². The number of nitriles is 1. The van der Waals surface area contributed by atoms with Crippen molar-refractivity contribution in [1.29, 1.82) is 5.26 Å². The maximum absolute atomic E-state index is 9.52. The molecule has 1 aromatic carbocycles. The molecule has 0 fully saturated rings. The van der Waals surface area contributed by atoms with Gasteiger partial charge in [0.15, 0.2) is 10.1 Å². The molecule has 96 valence electrons. The molecule has 1 aromatic heterocycles. The van der Waals surface area contributed by atoms with Crippen molar-refractivity contribution in [2.24, 2.45) is 0 Å². The SMILES string of the molecule is N#Cc1ccc2sc(C(CC(O)=S)C(O)=S)nc2c1. The van der Waals surface area contributed by atoms with Gasteiger partial charge in [0.1, 0.15) is 5.01 Å². The molecule has 1 atom stereocenters. The van der Waals surface area contributed by atoms with Gasteiger partial charge in [-0.2, -0.15) is 5.26 Å². The molecule has 0 saturated heterocycles. The van der Waals surface area contributed by atoms with E-state index < -0.39 is 5.92 Å². The van der Waals surface area contributed by atoms with Crippen LogP contribution in [0.2, 0.25) is 0 Å². The normalized spacial score (nSPS) is 11.9. The number of hydrogen-bond acceptors (Lipinski definition) is 5. The average Bonchev–Trinajstić information content (AvgIpc) is 2.77. The van der Waals surface area contributed by atoms with E-state index in [4.69, 9.17) is 17.5 Å². The Kier molecular flexibility index (Phi) is 4.04. The van der Waals surface area contributed by atoms with Gasteiger partial charge in [0.2, 0.25) is 0 Å². The Labute approximate surface area is 123 Å². The molecule has 0 amide bonds. The van der Waals surface area contributed by atoms with Crippen molar-refractivity contribution in [3.63, 3.8) is 0 Å². The molecule has 19 heavy (non-hydrogen) atoms. The number of thiazole rings is 1. The Morgan fingerprint density at radius 3 is 2.74 bits per heavy atom. The summed E-state index contributed by atoms with van der Waals surface area (Å²) in [4.78, 5) is 4.35. The second-order valence-corrected chi connectivity index (χ2v) is 5.79. The number of aliphatic hydroxyl groups is 2. The topological polar surface area (TPSA) is 77.1 Å². The zero-order valence-corrected chi connectivity index (χ0v) is 12.0. The van der Waals surface area contributed by atoms with Crippen LogP contribution in [-0.4, -0.2) is 25.3 Å². The van der Waals surface area contributed by atoms with Crippen molar-refractivity contribution in [3.05, 3.63) is 28.8 Å². The molecule has 4 nitrogen and oxygen atoms in total. The summed E-state index contributed by atoms with van der Waals surface area (Å²) in [6.07, 6.45) is 0.0651. The minimum Gasteiger partial charge on any atom is -0.502 e. The first-order chi connectivity index (χ1) is 9.01. The second-order valence-electron chi connectivity index (χ2n) is 3.84. The van der Waals surface area contributed by atoms with E-state index in [0.29, 0.717) is 16.1 Å². The Balaban J connectivity index is 2.46. The number of aliphatic hydroxyl groups excluding tert-OH is 2. The fourth-order valence-electron chi connectivity index (χ4n) is 1.62. The number of aromatic nitrogens is 1. The van der Waals surface area contributed by atoms with Gasteiger partial charge in [-0.15, -0.1) is 11.3 Å². The molecule has 0 aliphatic carbocycles. The quantitative estimate of drug-likeness (QED) is 0.843. The molecule has 2 N–H and O–H groups in total. The molecule has 0 aliphatic heterocycles. The minimum atomic E-state index is -0.588. The predicted molar refractivity (Wildman–Crippen MR) is 82.1 cm³/mol. The van der Waals surface area contributed by atoms with E-state index in [-0.39, 0.29) is 16.5 Å². The smallest absolute Gasteiger partial charge is 0.167 e. The van der Waals surface area contributed by atoms with E-state index in [2.05, 4.69) is 17.2 Å². The maximum atomic E-state index is 9.52. The molecular weight excluding hydrogens is 300 g/mol. The highest BCUT2D eigenvalue weighted by Gasteiger charge is 2.22. The zero-order valence-electron chi connectivity index (χ0n) is 9.53. The van der Waals surface area contributed by atoms with Crippen molar-refractivity contribution >= 4 is 56.1 Å². The van der Waals surface area contributed by atoms with Gasteiger partial charge >= 0.3 is 0 Å². The van der Waals surface area contributed by atoms with Gasteiger partial charge in [0.05, 0.1) is 27.8 Å². The van der Waals surface area contributed by atoms with Crippen LogP contribution in [-0.2, 0) is 0 Å². The largest absolute Gasteiger partial charge is 0.502 e. The van der Waals surface area contributed by atoms with E-state index in [1.54, 1.807) is 18.2 Å². The molecule has 0 radical (unpaired) electrons. The highest BCUT2D eigenvalue weighted by Crippen LogP contribution is 2.30. The first-order valence-electron chi connectivity index (χ1n) is 5.26. The number of nitrogens with zero attached hydrogens (tertiary/aromatic N) is 2. The minimum absolute atomic E-state index is 0.0651. The van der Waals surface area contributed by atoms with Crippen molar-refractivity contribution in [3.8, 4) is 6.07 Å². The molecular formula is C12H8N2O2S3. The number of thiocarbonyl (C=S) groups is 2. The Hall–Kier alpha value is -1.62. The van der Waals surface area contributed by atoms with Crippen LogP contribution in [0, 0.1) is 11.3 Å². The lowest BCUT2D eigenvalue weighted by Crippen LogP contribution is -2.13. The molecule has 1 heterocycles. The molecule has 0 aliphatic rings. The molecule has 0 spiro atoms. The van der Waals surface area contributed by atoms with Crippen LogP contribution in [0.4, 0.5) is 0 Å². The summed E-state index contributed by atoms with van der Waals surface area (Å²) in [6.45, 7) is 0. The second kappa shape index (κ2) is 5.57. The van der Waals surface area contributed by atoms with Gasteiger partial charge in [0, 0.05) is 6.42 Å². The lowest BCUT2D eigenvalue weighted by Gasteiger charge is -2.08. The maximum Gasteiger partial charge on any atom is 0.167 e. The van der Waals surface area contributed by atoms with Gasteiger partial charge in [0.25, 0.3) is 0 Å². The summed E-state index contributed by atoms with van der Waals surface area (Å²) in [6, 6.07) is 7.21. The lowest BCUT2D eigenvalue weighted by atomic mass is 10.1. The third-order valence-corrected chi connectivity index (χ3v) is 4.11. The van der Waals surface area contributed by atoms with Gasteiger partial charge in [-0.05, 0) is 42.6 Å². The van der Waals surface area contributed by atoms with E-state index >= 15 is 0 Å². The third-order valence-electron chi connectivity index (χ3n) is 2.51. The molecule has 7 heteroatoms. The lowest BCUT2D eigenvalue weighted by molar-refractivity contribution is 0.511. The molecule has 2 aromatic rings. The fourth-order valence-corrected chi connectivity index (χ4v) is 3.11. The highest BCUT2D eigenvalue weighted by atomic mass is 32.1. The van der Waals surface area contributed by atoms with Crippen LogP contribution in [0.15, 0.2) is 18.2 Å². The van der Waals surface area contributed by atoms with Gasteiger partial charge in [-0.1, -0.05) is 0 Å². The van der Waals surface area contributed by atoms with E-state index in [1.165, 1.54) is 11.3 Å². The summed E-state index contributed by atoms with van der Waals surface area (Å²) in [7, 11) is 0. The number of benzene rings is 1. The monoisotopic (exact) mass is 308 g/mol. The highest BCUT2D eigenvalue weighted by molar-refractivity contribution is 7.80. The van der Waals surface area contributed by atoms with Crippen LogP contribution in [0.5, 0.6) is 0 Å². The van der Waals surface area contributed by atoms with Crippen molar-refractivity contribution in [1.82, 2.24) is 4.98 Å². The van der Waals surface area contributed by atoms with Crippen LogP contribution in [0.3, 0.4) is 0 Å². The average molecular weight is 308 g/mol. The summed E-state index contributed by atoms with van der Waals surface area (Å²) >= 11 is 10.8. The standard InChI is InChI=1S/C12H8N2O2S3/c13-5-6-1-2-9-8(3-6)14-11(19-9)7(12(16)18)4-10(15)17/h1-3,7H,4H2,(H,15,17)(H,16,18). The van der Waals surface area contributed by atoms with Gasteiger partial charge in [-0.3, -0.25) is 0 Å². The Morgan fingerprint density at radius 1 is 1.42 bits per heavy atom. The van der Waals surface area contributed by atoms with Gasteiger partial charge < -0.3 is 10.2 Å². The fraction of sp³-hybridized carbons (Fsp3) is 0.167. The molecule has 1 unspecified atom stereocenters. The number of rotatable bonds is 4. The Morgan fingerprint density at radius 2 is 2.16 bits per heavy atom. The van der Waals surface area contributed by atoms with Crippen LogP contribution >= 0.6 is 35.8 Å². The third kappa shape index (κ3) is 3.04. The Bertz CT molecular complexity index is 703. The van der Waals surface area contributed by atoms with E-state index in [9.17, 15) is 10.2 Å². The summed E-state index contributed by atoms with van der Waals surface area (Å²) in [5.41, 5.74) is 1.19. The van der Waals surface area contributed by atoms with Crippen molar-refractivity contribution in [2.75, 3.05) is 0 Å². The first-order valence-corrected chi connectivity index (χ1v) is 6.89. The number of hydrogen-bond donors (Lipinski definition) is 2. The summed E-state index contributed by atoms with van der Waals surface area (Å²) < 4.78 is 0.888. The van der Waals surface area contributed by atoms with E-state index in [0.717, 1.165) is 4.70 Å². The molecule has 0 saturated carbocycles. The molecule has 2 rings (SSSR count). The number of fused-ring (bicyclic) bond motifs is 1. The zero-order chi connectivity index (χ0) is 14.0. The van der Waals surface area contributed by atoms with Crippen LogP contribution in [0.1, 0.15) is 22.9 Å². The summed E-state index contributed by atoms with van der Waals surface area (Å²) in [5, 5.41) is 27.6. The predicted octanol–water partition coefficient (Wildman–Crippen LogP) is 3.41. The summed E-state index contributed by atoms with van der Waals surface area (Å²) in [5.74, 6) is -0.588. The van der Waals surface area contributed by atoms with E-state index in [1.807, 2.05) is 6.07 Å².